The number of amides is 1. The summed E-state index contributed by atoms with van der Waals surface area (Å²) in [5, 5.41) is 3.12. The van der Waals surface area contributed by atoms with Gasteiger partial charge in [-0.05, 0) is 92.9 Å². The van der Waals surface area contributed by atoms with Crippen LogP contribution in [-0.4, -0.2) is 31.2 Å². The van der Waals surface area contributed by atoms with Crippen LogP contribution in [0.2, 0.25) is 0 Å². The molecule has 4 aliphatic rings. The maximum absolute atomic E-state index is 14.4. The molecular weight excluding hydrogens is 443 g/mol. The van der Waals surface area contributed by atoms with E-state index in [0.29, 0.717) is 5.76 Å². The number of hydrogen-bond acceptors (Lipinski definition) is 4. The van der Waals surface area contributed by atoms with Crippen molar-refractivity contribution in [1.29, 1.82) is 0 Å². The van der Waals surface area contributed by atoms with Gasteiger partial charge in [-0.25, -0.2) is 12.8 Å². The molecule has 6 nitrogen and oxygen atoms in total. The number of rotatable bonds is 8. The third-order valence-electron chi connectivity index (χ3n) is 8.07. The van der Waals surface area contributed by atoms with Crippen LogP contribution < -0.4 is 5.32 Å². The maximum atomic E-state index is 14.4. The molecule has 4 fully saturated rings. The summed E-state index contributed by atoms with van der Waals surface area (Å²) >= 11 is 0. The zero-order valence-electron chi connectivity index (χ0n) is 18.9. The Bertz CT molecular complexity index is 1080. The lowest BCUT2D eigenvalue weighted by Gasteiger charge is -2.59. The van der Waals surface area contributed by atoms with Crippen molar-refractivity contribution in [3.05, 3.63) is 54.2 Å². The van der Waals surface area contributed by atoms with Crippen LogP contribution in [-0.2, 0) is 21.4 Å². The number of sulfonamides is 1. The predicted octanol–water partition coefficient (Wildman–Crippen LogP) is 4.33. The van der Waals surface area contributed by atoms with Crippen LogP contribution in [0.5, 0.6) is 0 Å². The smallest absolute Gasteiger partial charge is 0.246 e. The summed E-state index contributed by atoms with van der Waals surface area (Å²) in [5.41, 5.74) is 0.112. The molecule has 4 saturated carbocycles. The van der Waals surface area contributed by atoms with Gasteiger partial charge in [0.15, 0.2) is 0 Å². The summed E-state index contributed by atoms with van der Waals surface area (Å²) in [4.78, 5) is 12.7. The molecule has 4 bridgehead atoms. The number of carbonyl (C=O) groups excluding carboxylic acids is 1. The second-order valence-electron chi connectivity index (χ2n) is 10.4. The highest BCUT2D eigenvalue weighted by Gasteiger charge is 2.53. The Morgan fingerprint density at radius 1 is 1.12 bits per heavy atom. The van der Waals surface area contributed by atoms with Gasteiger partial charge < -0.3 is 9.73 Å². The molecule has 0 spiro atoms. The first-order chi connectivity index (χ1) is 15.7. The Labute approximate surface area is 194 Å². The van der Waals surface area contributed by atoms with Gasteiger partial charge in [0.25, 0.3) is 0 Å². The number of hydrogen-bond donors (Lipinski definition) is 1. The zero-order chi connectivity index (χ0) is 23.2. The lowest BCUT2D eigenvalue weighted by atomic mass is 9.48. The molecule has 178 valence electrons. The van der Waals surface area contributed by atoms with Crippen LogP contribution in [0.1, 0.15) is 51.2 Å². The van der Waals surface area contributed by atoms with E-state index >= 15 is 0 Å². The Kier molecular flexibility index (Phi) is 5.85. The number of nitrogens with one attached hydrogen (secondary N) is 1. The first-order valence-corrected chi connectivity index (χ1v) is 13.3. The minimum absolute atomic E-state index is 0.0278. The normalized spacial score (nSPS) is 29.4. The van der Waals surface area contributed by atoms with E-state index in [1.54, 1.807) is 12.1 Å². The van der Waals surface area contributed by atoms with Crippen LogP contribution in [0.4, 0.5) is 4.39 Å². The molecule has 1 aromatic heterocycles. The van der Waals surface area contributed by atoms with E-state index in [0.717, 1.165) is 47.4 Å². The van der Waals surface area contributed by atoms with Gasteiger partial charge in [0.05, 0.1) is 19.4 Å². The van der Waals surface area contributed by atoms with Gasteiger partial charge in [-0.2, -0.15) is 4.31 Å². The Hall–Kier alpha value is -2.19. The summed E-state index contributed by atoms with van der Waals surface area (Å²) in [6.45, 7) is 1.52. The van der Waals surface area contributed by atoms with E-state index in [2.05, 4.69) is 12.2 Å². The number of benzene rings is 1. The number of furan rings is 1. The van der Waals surface area contributed by atoms with Gasteiger partial charge in [0.1, 0.15) is 16.5 Å². The highest BCUT2D eigenvalue weighted by molar-refractivity contribution is 7.89. The van der Waals surface area contributed by atoms with Crippen LogP contribution >= 0.6 is 0 Å². The van der Waals surface area contributed by atoms with Gasteiger partial charge in [-0.1, -0.05) is 12.1 Å². The highest BCUT2D eigenvalue weighted by Crippen LogP contribution is 2.61. The van der Waals surface area contributed by atoms with Crippen molar-refractivity contribution in [2.45, 2.75) is 62.9 Å². The molecular formula is C25H31FN2O4S. The van der Waals surface area contributed by atoms with Crippen LogP contribution in [0.25, 0.3) is 0 Å². The SMILES string of the molecule is C[C@@H](NC(=O)CN(Cc1ccco1)S(=O)(=O)c1ccccc1F)C12CC3CC(CC(C3)C1)C2. The Morgan fingerprint density at radius 2 is 1.76 bits per heavy atom. The molecule has 6 rings (SSSR count). The van der Waals surface area contributed by atoms with Crippen molar-refractivity contribution in [2.24, 2.45) is 23.2 Å². The summed E-state index contributed by atoms with van der Waals surface area (Å²) in [6.07, 6.45) is 8.82. The standard InChI is InChI=1S/C25H31FN2O4S/c1-17(25-12-18-9-19(13-25)11-20(10-18)14-25)27-24(29)16-28(15-21-5-4-8-32-21)33(30,31)23-7-3-2-6-22(23)26/h2-8,17-20H,9-16H2,1H3,(H,27,29)/t17-,18?,19?,20?,25?/m1/s1. The van der Waals surface area contributed by atoms with E-state index in [9.17, 15) is 17.6 Å². The molecule has 0 unspecified atom stereocenters. The first kappa shape index (κ1) is 22.6. The van der Waals surface area contributed by atoms with E-state index in [-0.39, 0.29) is 23.9 Å². The second kappa shape index (κ2) is 8.55. The third kappa shape index (κ3) is 4.35. The van der Waals surface area contributed by atoms with Crippen molar-refractivity contribution >= 4 is 15.9 Å². The summed E-state index contributed by atoms with van der Waals surface area (Å²) in [6, 6.07) is 8.49. The lowest BCUT2D eigenvalue weighted by Crippen LogP contribution is -2.56. The zero-order valence-corrected chi connectivity index (χ0v) is 19.7. The molecule has 2 aromatic rings. The summed E-state index contributed by atoms with van der Waals surface area (Å²) < 4.78 is 47.3. The molecule has 1 atom stereocenters. The van der Waals surface area contributed by atoms with E-state index in [4.69, 9.17) is 4.42 Å². The van der Waals surface area contributed by atoms with Gasteiger partial charge in [-0.3, -0.25) is 4.79 Å². The second-order valence-corrected chi connectivity index (χ2v) is 12.3. The quantitative estimate of drug-likeness (QED) is 0.618. The first-order valence-electron chi connectivity index (χ1n) is 11.8. The van der Waals surface area contributed by atoms with E-state index in [1.165, 1.54) is 43.7 Å². The Balaban J connectivity index is 1.34. The van der Waals surface area contributed by atoms with Gasteiger partial charge in [0, 0.05) is 6.04 Å². The number of halogens is 1. The van der Waals surface area contributed by atoms with Gasteiger partial charge in [-0.15, -0.1) is 0 Å². The maximum Gasteiger partial charge on any atom is 0.246 e. The topological polar surface area (TPSA) is 79.6 Å². The number of nitrogens with zero attached hydrogens (tertiary/aromatic N) is 1. The molecule has 0 aliphatic heterocycles. The fourth-order valence-electron chi connectivity index (χ4n) is 6.90. The monoisotopic (exact) mass is 474 g/mol. The number of carbonyl (C=O) groups is 1. The van der Waals surface area contributed by atoms with Crippen LogP contribution in [0.15, 0.2) is 52.0 Å². The molecule has 1 aromatic carbocycles. The molecule has 0 saturated heterocycles. The van der Waals surface area contributed by atoms with Crippen molar-refractivity contribution in [3.8, 4) is 0 Å². The van der Waals surface area contributed by atoms with Gasteiger partial charge >= 0.3 is 0 Å². The predicted molar refractivity (Wildman–Crippen MR) is 121 cm³/mol. The minimum atomic E-state index is -4.25. The average molecular weight is 475 g/mol. The van der Waals surface area contributed by atoms with E-state index in [1.807, 2.05) is 0 Å². The minimum Gasteiger partial charge on any atom is -0.468 e. The van der Waals surface area contributed by atoms with Crippen LogP contribution in [0, 0.1) is 29.0 Å². The molecule has 1 heterocycles. The average Bonchev–Trinajstić information content (AvgIpc) is 3.25. The van der Waals surface area contributed by atoms with Crippen molar-refractivity contribution < 1.29 is 22.0 Å². The molecule has 1 amide bonds. The molecule has 0 radical (unpaired) electrons. The van der Waals surface area contributed by atoms with Crippen molar-refractivity contribution in [1.82, 2.24) is 9.62 Å². The largest absolute Gasteiger partial charge is 0.468 e. The third-order valence-corrected chi connectivity index (χ3v) is 9.89. The molecule has 1 N–H and O–H groups in total. The molecule has 33 heavy (non-hydrogen) atoms. The Morgan fingerprint density at radius 3 is 2.33 bits per heavy atom. The van der Waals surface area contributed by atoms with Crippen molar-refractivity contribution in [2.75, 3.05) is 6.54 Å². The lowest BCUT2D eigenvalue weighted by molar-refractivity contribution is -0.126. The molecule has 4 aliphatic carbocycles. The van der Waals surface area contributed by atoms with Crippen LogP contribution in [0.3, 0.4) is 0 Å². The summed E-state index contributed by atoms with van der Waals surface area (Å²) in [5.74, 6) is 1.44. The van der Waals surface area contributed by atoms with Crippen molar-refractivity contribution in [3.63, 3.8) is 0 Å². The molecule has 8 heteroatoms. The van der Waals surface area contributed by atoms with Gasteiger partial charge in [0.2, 0.25) is 15.9 Å². The summed E-state index contributed by atoms with van der Waals surface area (Å²) in [7, 11) is -4.25. The highest BCUT2D eigenvalue weighted by atomic mass is 32.2. The fourth-order valence-corrected chi connectivity index (χ4v) is 8.33. The van der Waals surface area contributed by atoms with E-state index < -0.39 is 27.3 Å². The fraction of sp³-hybridized carbons (Fsp3) is 0.560.